The molecule has 1 aliphatic rings. The molecule has 1 fully saturated rings. The van der Waals surface area contributed by atoms with Gasteiger partial charge in [-0.25, -0.2) is 0 Å². The first-order valence-electron chi connectivity index (χ1n) is 5.28. The Morgan fingerprint density at radius 2 is 1.47 bits per heavy atom. The summed E-state index contributed by atoms with van der Waals surface area (Å²) in [4.78, 5) is 2.17. The lowest BCUT2D eigenvalue weighted by molar-refractivity contribution is 0.297. The van der Waals surface area contributed by atoms with Crippen molar-refractivity contribution in [2.45, 2.75) is 6.10 Å². The molecule has 1 atom stereocenters. The molecular weight excluding hydrogens is 216 g/mol. The largest absolute Gasteiger partial charge is 0.372 e. The molecular formula is C9H23ClN4O. The van der Waals surface area contributed by atoms with Crippen molar-refractivity contribution in [2.75, 3.05) is 51.8 Å². The van der Waals surface area contributed by atoms with Crippen LogP contribution >= 0.6 is 11.6 Å². The highest BCUT2D eigenvalue weighted by Gasteiger charge is 2.19. The zero-order chi connectivity index (χ0) is 11.5. The first-order chi connectivity index (χ1) is 7.28. The summed E-state index contributed by atoms with van der Waals surface area (Å²) >= 11 is 5.27. The van der Waals surface area contributed by atoms with Gasteiger partial charge in [0.05, 0.1) is 18.6 Å². The lowest BCUT2D eigenvalue weighted by Gasteiger charge is -2.18. The molecule has 0 bridgehead atoms. The molecule has 1 heterocycles. The number of epoxide rings is 1. The molecule has 0 aromatic heterocycles. The van der Waals surface area contributed by atoms with Gasteiger partial charge >= 0.3 is 0 Å². The zero-order valence-electron chi connectivity index (χ0n) is 9.20. The third-order valence-corrected chi connectivity index (χ3v) is 2.25. The van der Waals surface area contributed by atoms with Crippen molar-refractivity contribution in [3.8, 4) is 0 Å². The highest BCUT2D eigenvalue weighted by Crippen LogP contribution is 2.08. The van der Waals surface area contributed by atoms with E-state index in [4.69, 9.17) is 33.5 Å². The molecule has 92 valence electrons. The smallest absolute Gasteiger partial charge is 0.0944 e. The second kappa shape index (κ2) is 10.6. The molecule has 0 aromatic carbocycles. The van der Waals surface area contributed by atoms with Gasteiger partial charge < -0.3 is 21.9 Å². The zero-order valence-corrected chi connectivity index (χ0v) is 9.96. The molecule has 1 unspecified atom stereocenters. The van der Waals surface area contributed by atoms with Crippen molar-refractivity contribution >= 4 is 11.6 Å². The van der Waals surface area contributed by atoms with Gasteiger partial charge in [0.1, 0.15) is 0 Å². The second-order valence-corrected chi connectivity index (χ2v) is 3.63. The number of hydrogen-bond donors (Lipinski definition) is 3. The Hall–Kier alpha value is 0.0900. The average Bonchev–Trinajstić information content (AvgIpc) is 3.03. The van der Waals surface area contributed by atoms with E-state index in [0.29, 0.717) is 31.6 Å². The van der Waals surface area contributed by atoms with E-state index in [1.165, 1.54) is 0 Å². The molecule has 1 saturated heterocycles. The minimum Gasteiger partial charge on any atom is -0.372 e. The molecule has 0 aromatic rings. The number of nitrogens with two attached hydrogens (primary N) is 3. The molecule has 1 aliphatic heterocycles. The van der Waals surface area contributed by atoms with Gasteiger partial charge in [-0.05, 0) is 0 Å². The standard InChI is InChI=1S/C6H18N4.C3H5ClO/c7-1-4-10(5-2-8)6-3-9;4-1-3-2-5-3/h1-9H2;3H,1-2H2. The van der Waals surface area contributed by atoms with E-state index in [9.17, 15) is 0 Å². The van der Waals surface area contributed by atoms with Crippen molar-refractivity contribution in [3.05, 3.63) is 0 Å². The van der Waals surface area contributed by atoms with Crippen LogP contribution in [0.5, 0.6) is 0 Å². The lowest BCUT2D eigenvalue weighted by Crippen LogP contribution is -2.37. The first kappa shape index (κ1) is 15.1. The molecule has 6 heteroatoms. The molecule has 1 rings (SSSR count). The molecule has 0 radical (unpaired) electrons. The van der Waals surface area contributed by atoms with Crippen LogP contribution < -0.4 is 17.2 Å². The summed E-state index contributed by atoms with van der Waals surface area (Å²) in [6.07, 6.45) is 0.400. The number of halogens is 1. The topological polar surface area (TPSA) is 93.8 Å². The summed E-state index contributed by atoms with van der Waals surface area (Å²) in [5.74, 6) is 0.667. The number of nitrogens with zero attached hydrogens (tertiary/aromatic N) is 1. The minimum absolute atomic E-state index is 0.400. The van der Waals surface area contributed by atoms with Crippen molar-refractivity contribution in [1.29, 1.82) is 0 Å². The Morgan fingerprint density at radius 1 is 1.07 bits per heavy atom. The number of alkyl halides is 1. The molecule has 15 heavy (non-hydrogen) atoms. The summed E-state index contributed by atoms with van der Waals surface area (Å²) in [6, 6.07) is 0. The van der Waals surface area contributed by atoms with Crippen LogP contribution in [0.3, 0.4) is 0 Å². The fourth-order valence-electron chi connectivity index (χ4n) is 1.04. The summed E-state index contributed by atoms with van der Waals surface area (Å²) in [5, 5.41) is 0. The first-order valence-corrected chi connectivity index (χ1v) is 5.82. The normalized spacial score (nSPS) is 18.6. The average molecular weight is 239 g/mol. The van der Waals surface area contributed by atoms with Crippen LogP contribution in [0.2, 0.25) is 0 Å². The number of ether oxygens (including phenoxy) is 1. The number of hydrogen-bond acceptors (Lipinski definition) is 5. The van der Waals surface area contributed by atoms with Gasteiger partial charge in [0.2, 0.25) is 0 Å². The van der Waals surface area contributed by atoms with Crippen LogP contribution in [0.4, 0.5) is 0 Å². The Balaban J connectivity index is 0.000000322. The highest BCUT2D eigenvalue weighted by molar-refractivity contribution is 6.18. The molecule has 0 saturated carbocycles. The maximum Gasteiger partial charge on any atom is 0.0944 e. The van der Waals surface area contributed by atoms with E-state index in [2.05, 4.69) is 4.90 Å². The Bertz CT molecular complexity index is 121. The molecule has 5 nitrogen and oxygen atoms in total. The fraction of sp³-hybridized carbons (Fsp3) is 1.00. The van der Waals surface area contributed by atoms with Crippen LogP contribution in [0.15, 0.2) is 0 Å². The SMILES string of the molecule is ClCC1CO1.NCCN(CCN)CCN. The Labute approximate surface area is 96.9 Å². The van der Waals surface area contributed by atoms with Crippen molar-refractivity contribution in [3.63, 3.8) is 0 Å². The van der Waals surface area contributed by atoms with Crippen molar-refractivity contribution < 1.29 is 4.74 Å². The van der Waals surface area contributed by atoms with Gasteiger partial charge in [0, 0.05) is 39.3 Å². The summed E-state index contributed by atoms with van der Waals surface area (Å²) in [5.41, 5.74) is 16.1. The Morgan fingerprint density at radius 3 is 1.60 bits per heavy atom. The molecule has 0 aliphatic carbocycles. The van der Waals surface area contributed by atoms with Gasteiger partial charge in [-0.3, -0.25) is 4.90 Å². The van der Waals surface area contributed by atoms with Gasteiger partial charge in [-0.2, -0.15) is 0 Å². The third kappa shape index (κ3) is 10.4. The lowest BCUT2D eigenvalue weighted by atomic mass is 10.4. The van der Waals surface area contributed by atoms with Gasteiger partial charge in [-0.15, -0.1) is 11.6 Å². The predicted molar refractivity (Wildman–Crippen MR) is 64.1 cm³/mol. The highest BCUT2D eigenvalue weighted by atomic mass is 35.5. The van der Waals surface area contributed by atoms with Crippen LogP contribution in [-0.4, -0.2) is 62.8 Å². The van der Waals surface area contributed by atoms with Gasteiger partial charge in [0.25, 0.3) is 0 Å². The van der Waals surface area contributed by atoms with E-state index in [1.54, 1.807) is 0 Å². The summed E-state index contributed by atoms with van der Waals surface area (Å²) in [7, 11) is 0. The predicted octanol–water partition coefficient (Wildman–Crippen LogP) is -1.21. The van der Waals surface area contributed by atoms with Crippen LogP contribution in [0.1, 0.15) is 0 Å². The van der Waals surface area contributed by atoms with E-state index in [-0.39, 0.29) is 0 Å². The van der Waals surface area contributed by atoms with Gasteiger partial charge in [0.15, 0.2) is 0 Å². The van der Waals surface area contributed by atoms with Crippen LogP contribution in [0, 0.1) is 0 Å². The van der Waals surface area contributed by atoms with Gasteiger partial charge in [-0.1, -0.05) is 0 Å². The molecule has 6 N–H and O–H groups in total. The van der Waals surface area contributed by atoms with Crippen LogP contribution in [-0.2, 0) is 4.74 Å². The monoisotopic (exact) mass is 238 g/mol. The van der Waals surface area contributed by atoms with Crippen LogP contribution in [0.25, 0.3) is 0 Å². The van der Waals surface area contributed by atoms with Crippen molar-refractivity contribution in [1.82, 2.24) is 4.90 Å². The van der Waals surface area contributed by atoms with E-state index < -0.39 is 0 Å². The van der Waals surface area contributed by atoms with E-state index in [1.807, 2.05) is 0 Å². The maximum atomic E-state index is 5.37. The molecule has 0 amide bonds. The van der Waals surface area contributed by atoms with E-state index >= 15 is 0 Å². The Kier molecular flexibility index (Phi) is 10.7. The quantitative estimate of drug-likeness (QED) is 0.382. The fourth-order valence-corrected chi connectivity index (χ4v) is 1.22. The summed E-state index contributed by atoms with van der Waals surface area (Å²) < 4.78 is 4.73. The summed E-state index contributed by atoms with van der Waals surface area (Å²) in [6.45, 7) is 5.61. The maximum absolute atomic E-state index is 5.37. The van der Waals surface area contributed by atoms with E-state index in [0.717, 1.165) is 26.2 Å². The third-order valence-electron chi connectivity index (χ3n) is 1.91. The second-order valence-electron chi connectivity index (χ2n) is 3.32. The molecule has 0 spiro atoms. The number of rotatable bonds is 7. The minimum atomic E-state index is 0.400. The van der Waals surface area contributed by atoms with Crippen molar-refractivity contribution in [2.24, 2.45) is 17.2 Å².